The molecule has 35 heavy (non-hydrogen) atoms. The Kier molecular flexibility index (Phi) is 19.3. The summed E-state index contributed by atoms with van der Waals surface area (Å²) < 4.78 is 5.09. The van der Waals surface area contributed by atoms with Crippen LogP contribution in [0, 0.1) is 0 Å². The van der Waals surface area contributed by atoms with E-state index in [9.17, 15) is 0 Å². The van der Waals surface area contributed by atoms with Crippen LogP contribution in [-0.4, -0.2) is 170 Å². The first-order valence-electron chi connectivity index (χ1n) is 14.0. The van der Waals surface area contributed by atoms with Crippen LogP contribution < -0.4 is 11.1 Å². The van der Waals surface area contributed by atoms with Crippen molar-refractivity contribution in [1.82, 2.24) is 34.7 Å². The summed E-state index contributed by atoms with van der Waals surface area (Å²) in [6, 6.07) is 0.913. The summed E-state index contributed by atoms with van der Waals surface area (Å²) in [5.41, 5.74) is 5.21. The fourth-order valence-corrected chi connectivity index (χ4v) is 4.71. The number of piperidine rings is 2. The van der Waals surface area contributed by atoms with Crippen molar-refractivity contribution < 1.29 is 4.74 Å². The summed E-state index contributed by atoms with van der Waals surface area (Å²) in [7, 11) is 12.5. The lowest BCUT2D eigenvalue weighted by molar-refractivity contribution is 0.00899. The molecule has 4 saturated heterocycles. The molecule has 0 aromatic carbocycles. The van der Waals surface area contributed by atoms with Crippen molar-refractivity contribution in [3.63, 3.8) is 0 Å². The molecule has 210 valence electrons. The number of ether oxygens (including phenoxy) is 1. The van der Waals surface area contributed by atoms with Crippen LogP contribution >= 0.6 is 0 Å². The summed E-state index contributed by atoms with van der Waals surface area (Å²) in [5, 5.41) is 2.75. The van der Waals surface area contributed by atoms with Gasteiger partial charge in [0, 0.05) is 58.4 Å². The molecule has 3 N–H and O–H groups in total. The number of nitrogens with two attached hydrogens (primary N) is 1. The Morgan fingerprint density at radius 3 is 1.46 bits per heavy atom. The number of hydrogen-bond acceptors (Lipinski definition) is 9. The second-order valence-corrected chi connectivity index (χ2v) is 10.7. The molecular weight excluding hydrogens is 440 g/mol. The molecule has 0 saturated carbocycles. The highest BCUT2D eigenvalue weighted by molar-refractivity contribution is 4.80. The van der Waals surface area contributed by atoms with Gasteiger partial charge in [0.25, 0.3) is 0 Å². The minimum Gasteiger partial charge on any atom is -0.351 e. The van der Waals surface area contributed by atoms with Crippen molar-refractivity contribution in [2.75, 3.05) is 134 Å². The number of hydrogen-bond donors (Lipinski definition) is 2. The molecule has 4 rings (SSSR count). The summed E-state index contributed by atoms with van der Waals surface area (Å²) >= 11 is 0. The van der Waals surface area contributed by atoms with Gasteiger partial charge in [-0.05, 0) is 94.1 Å². The second-order valence-electron chi connectivity index (χ2n) is 10.7. The van der Waals surface area contributed by atoms with Crippen molar-refractivity contribution in [3.8, 4) is 0 Å². The highest BCUT2D eigenvalue weighted by atomic mass is 16.5. The predicted octanol–water partition coefficient (Wildman–Crippen LogP) is 0.390. The van der Waals surface area contributed by atoms with Crippen molar-refractivity contribution in [2.45, 2.75) is 38.1 Å². The van der Waals surface area contributed by atoms with E-state index >= 15 is 0 Å². The summed E-state index contributed by atoms with van der Waals surface area (Å²) in [6.45, 7) is 15.7. The average molecular weight is 501 g/mol. The summed E-state index contributed by atoms with van der Waals surface area (Å²) in [4.78, 5) is 14.5. The molecule has 0 atom stereocenters. The first kappa shape index (κ1) is 32.7. The third kappa shape index (κ3) is 16.2. The maximum absolute atomic E-state index is 5.21. The Morgan fingerprint density at radius 1 is 0.629 bits per heavy atom. The van der Waals surface area contributed by atoms with Crippen LogP contribution in [-0.2, 0) is 4.74 Å². The number of nitrogens with zero attached hydrogens (tertiary/aromatic N) is 6. The van der Waals surface area contributed by atoms with Crippen molar-refractivity contribution in [1.29, 1.82) is 0 Å². The summed E-state index contributed by atoms with van der Waals surface area (Å²) in [6.07, 6.45) is 7.13. The summed E-state index contributed by atoms with van der Waals surface area (Å²) in [5.74, 6) is 0. The van der Waals surface area contributed by atoms with Gasteiger partial charge in [0.05, 0.1) is 6.73 Å². The van der Waals surface area contributed by atoms with Gasteiger partial charge < -0.3 is 40.3 Å². The Morgan fingerprint density at radius 2 is 1.03 bits per heavy atom. The van der Waals surface area contributed by atoms with Crippen LogP contribution in [0.25, 0.3) is 0 Å². The van der Waals surface area contributed by atoms with E-state index in [1.807, 2.05) is 14.1 Å². The fraction of sp³-hybridized carbons (Fsp3) is 1.00. The minimum absolute atomic E-state index is 0.326. The quantitative estimate of drug-likeness (QED) is 0.534. The lowest BCUT2D eigenvalue weighted by Crippen LogP contribution is -2.45. The molecule has 4 fully saturated rings. The standard InChI is InChI=1S/C11H22N2.C7H17N3O.C6H14N2.C2H7N/c1-12-9-5-11(6-10-12)13-7-3-2-4-8-13;1-9-2-4-10(5-3-9)7-11-6-8;1-7-3-5-8(2)6-4-7;1-3-2/h11H,2-10H2,1H3;2-8H2,1H3;3-6H2,1-2H3;3H,1-2H3. The number of piperazine rings is 2. The Labute approximate surface area is 217 Å². The molecule has 0 aromatic rings. The van der Waals surface area contributed by atoms with Crippen LogP contribution in [0.5, 0.6) is 0 Å². The Balaban J connectivity index is 0.000000254. The van der Waals surface area contributed by atoms with Gasteiger partial charge in [-0.3, -0.25) is 4.90 Å². The molecule has 0 aromatic heterocycles. The van der Waals surface area contributed by atoms with Gasteiger partial charge in [-0.1, -0.05) is 6.42 Å². The van der Waals surface area contributed by atoms with Crippen LogP contribution in [0.15, 0.2) is 0 Å². The zero-order chi connectivity index (χ0) is 25.9. The first-order chi connectivity index (χ1) is 16.9. The largest absolute Gasteiger partial charge is 0.351 e. The second kappa shape index (κ2) is 20.7. The van der Waals surface area contributed by atoms with Gasteiger partial charge >= 0.3 is 0 Å². The van der Waals surface area contributed by atoms with Crippen LogP contribution in [0.4, 0.5) is 0 Å². The molecule has 9 heteroatoms. The molecule has 4 aliphatic rings. The topological polar surface area (TPSA) is 66.7 Å². The van der Waals surface area contributed by atoms with Crippen molar-refractivity contribution in [3.05, 3.63) is 0 Å². The molecule has 4 aliphatic heterocycles. The SMILES string of the molecule is CN1CCC(N2CCCCC2)CC1.CN1CCN(C)CC1.CN1CCN(COCN)CC1.CNC. The zero-order valence-electron chi connectivity index (χ0n) is 24.2. The Hall–Kier alpha value is -0.360. The van der Waals surface area contributed by atoms with E-state index in [0.29, 0.717) is 13.5 Å². The highest BCUT2D eigenvalue weighted by Crippen LogP contribution is 2.19. The van der Waals surface area contributed by atoms with Crippen molar-refractivity contribution in [2.24, 2.45) is 5.73 Å². The molecule has 0 spiro atoms. The number of nitrogens with one attached hydrogen (secondary N) is 1. The minimum atomic E-state index is 0.326. The van der Waals surface area contributed by atoms with Gasteiger partial charge in [-0.25, -0.2) is 0 Å². The molecule has 4 heterocycles. The first-order valence-corrected chi connectivity index (χ1v) is 14.0. The zero-order valence-corrected chi connectivity index (χ0v) is 24.2. The number of likely N-dealkylation sites (tertiary alicyclic amines) is 2. The van der Waals surface area contributed by atoms with E-state index in [0.717, 1.165) is 32.2 Å². The van der Waals surface area contributed by atoms with E-state index in [2.05, 4.69) is 62.9 Å². The number of rotatable bonds is 4. The van der Waals surface area contributed by atoms with Crippen LogP contribution in [0.1, 0.15) is 32.1 Å². The third-order valence-corrected chi connectivity index (χ3v) is 7.31. The molecule has 9 nitrogen and oxygen atoms in total. The molecule has 0 bridgehead atoms. The molecule has 0 radical (unpaired) electrons. The molecule has 0 amide bonds. The monoisotopic (exact) mass is 500 g/mol. The number of likely N-dealkylation sites (N-methyl/N-ethyl adjacent to an activating group) is 3. The predicted molar refractivity (Wildman–Crippen MR) is 150 cm³/mol. The van der Waals surface area contributed by atoms with Gasteiger partial charge in [0.2, 0.25) is 0 Å². The molecule has 0 unspecified atom stereocenters. The Bertz CT molecular complexity index is 444. The lowest BCUT2D eigenvalue weighted by atomic mass is 10.0. The van der Waals surface area contributed by atoms with Crippen molar-refractivity contribution >= 4 is 0 Å². The fourth-order valence-electron chi connectivity index (χ4n) is 4.71. The molecule has 0 aliphatic carbocycles. The van der Waals surface area contributed by atoms with Crippen LogP contribution in [0.2, 0.25) is 0 Å². The normalized spacial score (nSPS) is 24.4. The van der Waals surface area contributed by atoms with Gasteiger partial charge in [-0.15, -0.1) is 0 Å². The van der Waals surface area contributed by atoms with Crippen LogP contribution in [0.3, 0.4) is 0 Å². The van der Waals surface area contributed by atoms with Gasteiger partial charge in [0.15, 0.2) is 0 Å². The van der Waals surface area contributed by atoms with E-state index in [-0.39, 0.29) is 0 Å². The lowest BCUT2D eigenvalue weighted by Gasteiger charge is -2.39. The van der Waals surface area contributed by atoms with E-state index in [1.54, 1.807) is 0 Å². The van der Waals surface area contributed by atoms with E-state index < -0.39 is 0 Å². The van der Waals surface area contributed by atoms with E-state index in [1.165, 1.54) is 84.5 Å². The maximum Gasteiger partial charge on any atom is 0.101 e. The molecular formula is C26H60N8O. The van der Waals surface area contributed by atoms with Gasteiger partial charge in [0.1, 0.15) is 6.73 Å². The van der Waals surface area contributed by atoms with E-state index in [4.69, 9.17) is 10.5 Å². The maximum atomic E-state index is 5.21. The smallest absolute Gasteiger partial charge is 0.101 e. The average Bonchev–Trinajstić information content (AvgIpc) is 2.88. The highest BCUT2D eigenvalue weighted by Gasteiger charge is 2.23. The van der Waals surface area contributed by atoms with Gasteiger partial charge in [-0.2, -0.15) is 0 Å². The third-order valence-electron chi connectivity index (χ3n) is 7.31.